The number of para-hydroxylation sites is 2. The molecule has 4 N–H and O–H groups in total. The van der Waals surface area contributed by atoms with Crippen LogP contribution < -0.4 is 31.4 Å². The highest BCUT2D eigenvalue weighted by Gasteiger charge is 2.31. The summed E-state index contributed by atoms with van der Waals surface area (Å²) in [5, 5.41) is 14.9. The van der Waals surface area contributed by atoms with Crippen LogP contribution in [-0.4, -0.2) is 71.3 Å². The molecule has 2 aromatic carbocycles. The molecule has 2 amide bonds. The van der Waals surface area contributed by atoms with Gasteiger partial charge in [-0.05, 0) is 45.0 Å². The van der Waals surface area contributed by atoms with Crippen molar-refractivity contribution in [2.45, 2.75) is 64.3 Å². The Morgan fingerprint density at radius 1 is 1.00 bits per heavy atom. The van der Waals surface area contributed by atoms with Crippen molar-refractivity contribution in [2.75, 3.05) is 61.1 Å². The SMILES string of the molecule is C[C@H]1COc2c(N3CCN(C)CC3)c(F)cc3c(=O)c(-c4nnc(NC(=O)CCCCCCCCC(=O)Nc5ccccc5N)s4)cn1c23. The van der Waals surface area contributed by atoms with E-state index in [1.165, 1.54) is 6.07 Å². The summed E-state index contributed by atoms with van der Waals surface area (Å²) in [6.45, 7) is 5.29. The molecule has 14 heteroatoms. The third-order valence-electron chi connectivity index (χ3n) is 9.16. The van der Waals surface area contributed by atoms with Gasteiger partial charge in [-0.25, -0.2) is 4.39 Å². The zero-order valence-corrected chi connectivity index (χ0v) is 28.8. The van der Waals surface area contributed by atoms with Crippen molar-refractivity contribution in [1.82, 2.24) is 19.7 Å². The normalized spacial score (nSPS) is 16.1. The predicted molar refractivity (Wildman–Crippen MR) is 192 cm³/mol. The number of hydrogen-bond acceptors (Lipinski definition) is 10. The highest BCUT2D eigenvalue weighted by molar-refractivity contribution is 7.18. The first-order valence-electron chi connectivity index (χ1n) is 17.0. The number of piperazine rings is 1. The zero-order valence-electron chi connectivity index (χ0n) is 28.0. The fourth-order valence-corrected chi connectivity index (χ4v) is 7.12. The number of nitrogen functional groups attached to an aromatic ring is 1. The number of carbonyl (C=O) groups is 2. The van der Waals surface area contributed by atoms with Crippen LogP contribution in [0.25, 0.3) is 21.5 Å². The van der Waals surface area contributed by atoms with Gasteiger partial charge in [0.2, 0.25) is 16.9 Å². The van der Waals surface area contributed by atoms with Crippen molar-refractivity contribution in [3.8, 4) is 16.3 Å². The van der Waals surface area contributed by atoms with Crippen LogP contribution in [0.1, 0.15) is 64.3 Å². The number of rotatable bonds is 13. The van der Waals surface area contributed by atoms with E-state index < -0.39 is 5.82 Å². The van der Waals surface area contributed by atoms with Crippen LogP contribution in [0.15, 0.2) is 41.3 Å². The van der Waals surface area contributed by atoms with Crippen LogP contribution in [0.5, 0.6) is 5.75 Å². The van der Waals surface area contributed by atoms with Crippen LogP contribution in [0, 0.1) is 5.82 Å². The lowest BCUT2D eigenvalue weighted by molar-refractivity contribution is -0.117. The Kier molecular flexibility index (Phi) is 10.7. The van der Waals surface area contributed by atoms with Crippen molar-refractivity contribution >= 4 is 56.2 Å². The van der Waals surface area contributed by atoms with Gasteiger partial charge in [-0.1, -0.05) is 49.2 Å². The first-order chi connectivity index (χ1) is 23.7. The maximum atomic E-state index is 15.7. The van der Waals surface area contributed by atoms with E-state index in [1.54, 1.807) is 18.3 Å². The summed E-state index contributed by atoms with van der Waals surface area (Å²) in [6.07, 6.45) is 7.85. The lowest BCUT2D eigenvalue weighted by atomic mass is 10.1. The molecule has 0 saturated carbocycles. The molecule has 2 aliphatic rings. The van der Waals surface area contributed by atoms with Crippen LogP contribution in [0.2, 0.25) is 0 Å². The van der Waals surface area contributed by atoms with Gasteiger partial charge in [0, 0.05) is 45.2 Å². The van der Waals surface area contributed by atoms with Crippen LogP contribution >= 0.6 is 11.3 Å². The molecule has 1 saturated heterocycles. The van der Waals surface area contributed by atoms with Gasteiger partial charge < -0.3 is 35.5 Å². The van der Waals surface area contributed by atoms with Gasteiger partial charge in [0.15, 0.2) is 22.0 Å². The zero-order chi connectivity index (χ0) is 34.5. The minimum Gasteiger partial charge on any atom is -0.487 e. The van der Waals surface area contributed by atoms with Gasteiger partial charge in [0.1, 0.15) is 12.3 Å². The highest BCUT2D eigenvalue weighted by Crippen LogP contribution is 2.43. The molecule has 0 spiro atoms. The second kappa shape index (κ2) is 15.3. The number of hydrogen-bond donors (Lipinski definition) is 3. The quantitative estimate of drug-likeness (QED) is 0.120. The fourth-order valence-electron chi connectivity index (χ4n) is 6.35. The molecular formula is C35H43FN8O4S. The number of benzene rings is 2. The van der Waals surface area contributed by atoms with E-state index in [9.17, 15) is 14.4 Å². The van der Waals surface area contributed by atoms with E-state index in [1.807, 2.05) is 35.6 Å². The Hall–Kier alpha value is -4.56. The predicted octanol–water partition coefficient (Wildman–Crippen LogP) is 5.64. The maximum Gasteiger partial charge on any atom is 0.226 e. The number of nitrogens with zero attached hydrogens (tertiary/aromatic N) is 5. The van der Waals surface area contributed by atoms with E-state index in [0.29, 0.717) is 76.6 Å². The van der Waals surface area contributed by atoms with E-state index in [4.69, 9.17) is 10.5 Å². The lowest BCUT2D eigenvalue weighted by Crippen LogP contribution is -2.45. The minimum absolute atomic E-state index is 0.0441. The van der Waals surface area contributed by atoms with Gasteiger partial charge in [0.05, 0.1) is 33.9 Å². The summed E-state index contributed by atoms with van der Waals surface area (Å²) in [5.41, 5.74) is 8.00. The third kappa shape index (κ3) is 7.86. The van der Waals surface area contributed by atoms with Crippen molar-refractivity contribution in [3.63, 3.8) is 0 Å². The van der Waals surface area contributed by atoms with Crippen LogP contribution in [0.4, 0.5) is 26.6 Å². The Labute approximate surface area is 288 Å². The second-order valence-corrected chi connectivity index (χ2v) is 13.9. The molecule has 12 nitrogen and oxygen atoms in total. The summed E-state index contributed by atoms with van der Waals surface area (Å²) in [7, 11) is 2.04. The summed E-state index contributed by atoms with van der Waals surface area (Å²) in [5.74, 6) is -0.287. The Morgan fingerprint density at radius 2 is 1.67 bits per heavy atom. The molecule has 6 rings (SSSR count). The Morgan fingerprint density at radius 3 is 2.39 bits per heavy atom. The van der Waals surface area contributed by atoms with Gasteiger partial charge in [0.25, 0.3) is 0 Å². The first-order valence-corrected chi connectivity index (χ1v) is 17.8. The fraction of sp³-hybridized carbons (Fsp3) is 0.457. The molecule has 0 aliphatic carbocycles. The lowest BCUT2D eigenvalue weighted by Gasteiger charge is -2.37. The summed E-state index contributed by atoms with van der Waals surface area (Å²) in [4.78, 5) is 42.7. The monoisotopic (exact) mass is 690 g/mol. The molecule has 0 radical (unpaired) electrons. The van der Waals surface area contributed by atoms with Gasteiger partial charge in [-0.2, -0.15) is 0 Å². The number of nitrogens with one attached hydrogen (secondary N) is 2. The largest absolute Gasteiger partial charge is 0.487 e. The molecule has 260 valence electrons. The molecule has 4 aromatic rings. The summed E-state index contributed by atoms with van der Waals surface area (Å²) in [6, 6.07) is 8.43. The molecule has 1 fully saturated rings. The number of ether oxygens (including phenoxy) is 1. The van der Waals surface area contributed by atoms with Crippen molar-refractivity contribution in [1.29, 1.82) is 0 Å². The number of amides is 2. The van der Waals surface area contributed by atoms with E-state index in [2.05, 4.69) is 25.7 Å². The average Bonchev–Trinajstić information content (AvgIpc) is 3.54. The third-order valence-corrected chi connectivity index (χ3v) is 10.0. The van der Waals surface area contributed by atoms with E-state index in [0.717, 1.165) is 63.0 Å². The number of aromatic nitrogens is 3. The summed E-state index contributed by atoms with van der Waals surface area (Å²) >= 11 is 1.12. The van der Waals surface area contributed by atoms with Gasteiger partial charge >= 0.3 is 0 Å². The molecular weight excluding hydrogens is 648 g/mol. The number of nitrogens with two attached hydrogens (primary N) is 1. The number of pyridine rings is 1. The summed E-state index contributed by atoms with van der Waals surface area (Å²) < 4.78 is 23.8. The molecule has 0 bridgehead atoms. The molecule has 1 atom stereocenters. The molecule has 0 unspecified atom stereocenters. The highest BCUT2D eigenvalue weighted by atomic mass is 32.1. The molecule has 2 aromatic heterocycles. The standard InChI is InChI=1S/C35H43FN8O4S/c1-22-21-48-33-30-23(19-25(36)31(33)43-17-15-42(2)16-18-43)32(47)24(20-44(22)30)34-40-41-35(49-34)39-29(46)14-8-6-4-3-5-7-13-28(45)38-27-12-10-9-11-26(27)37/h9-12,19-20,22H,3-8,13-18,21,37H2,1-2H3,(H,38,45)(H,39,41,46)/t22-/m0/s1. The first kappa shape index (κ1) is 34.3. The number of halogens is 1. The number of likely N-dealkylation sites (N-methyl/N-ethyl adjacent to an activating group) is 1. The van der Waals surface area contributed by atoms with Gasteiger partial charge in [-0.15, -0.1) is 10.2 Å². The number of unbranched alkanes of at least 4 members (excludes halogenated alkanes) is 5. The average molecular weight is 691 g/mol. The van der Waals surface area contributed by atoms with E-state index >= 15 is 4.39 Å². The molecule has 49 heavy (non-hydrogen) atoms. The number of anilines is 4. The van der Waals surface area contributed by atoms with Crippen LogP contribution in [0.3, 0.4) is 0 Å². The topological polar surface area (TPSA) is 148 Å². The Bertz CT molecular complexity index is 1890. The van der Waals surface area contributed by atoms with E-state index in [-0.39, 0.29) is 28.7 Å². The number of carbonyl (C=O) groups excluding carboxylic acids is 2. The van der Waals surface area contributed by atoms with Crippen molar-refractivity contribution in [2.24, 2.45) is 0 Å². The Balaban J connectivity index is 1.01. The second-order valence-electron chi connectivity index (χ2n) is 12.9. The molecule has 2 aliphatic heterocycles. The smallest absolute Gasteiger partial charge is 0.226 e. The maximum absolute atomic E-state index is 15.7. The van der Waals surface area contributed by atoms with Gasteiger partial charge in [-0.3, -0.25) is 14.4 Å². The minimum atomic E-state index is -0.482. The van der Waals surface area contributed by atoms with Crippen molar-refractivity contribution in [3.05, 3.63) is 52.6 Å². The molecule has 4 heterocycles. The van der Waals surface area contributed by atoms with Crippen LogP contribution in [-0.2, 0) is 9.59 Å². The van der Waals surface area contributed by atoms with Crippen molar-refractivity contribution < 1.29 is 18.7 Å².